The molecule has 2 aliphatic rings. The summed E-state index contributed by atoms with van der Waals surface area (Å²) in [6.07, 6.45) is 3.90. The van der Waals surface area contributed by atoms with Crippen molar-refractivity contribution in [2.75, 3.05) is 31.6 Å². The van der Waals surface area contributed by atoms with Crippen LogP contribution in [0.2, 0.25) is 0 Å². The number of hydrogen-bond donors (Lipinski definition) is 7. The second-order valence-corrected chi connectivity index (χ2v) is 13.3. The quantitative estimate of drug-likeness (QED) is 0.107. The van der Waals surface area contributed by atoms with E-state index in [1.54, 1.807) is 12.1 Å². The molecule has 270 valence electrons. The molecular formula is C32H47N7O9S. The van der Waals surface area contributed by atoms with Gasteiger partial charge in [0, 0.05) is 19.5 Å². The van der Waals surface area contributed by atoms with Crippen molar-refractivity contribution in [2.45, 2.75) is 88.6 Å². The van der Waals surface area contributed by atoms with E-state index in [0.717, 1.165) is 0 Å². The second kappa shape index (κ2) is 18.4. The third-order valence-corrected chi connectivity index (χ3v) is 9.11. The molecule has 0 saturated carbocycles. The van der Waals surface area contributed by atoms with Crippen molar-refractivity contribution in [3.63, 3.8) is 0 Å². The van der Waals surface area contributed by atoms with Crippen LogP contribution >= 0.6 is 11.8 Å². The van der Waals surface area contributed by atoms with E-state index >= 15 is 0 Å². The molecule has 6 amide bonds. The highest BCUT2D eigenvalue weighted by molar-refractivity contribution is 7.98. The van der Waals surface area contributed by atoms with Crippen molar-refractivity contribution in [2.24, 2.45) is 5.73 Å². The maximum absolute atomic E-state index is 13.7. The first-order valence-electron chi connectivity index (χ1n) is 16.3. The second-order valence-electron chi connectivity index (χ2n) is 12.3. The smallest absolute Gasteiger partial charge is 0.322 e. The highest BCUT2D eigenvalue weighted by Crippen LogP contribution is 2.22. The van der Waals surface area contributed by atoms with Crippen molar-refractivity contribution in [3.8, 4) is 5.75 Å². The topological polar surface area (TPSA) is 241 Å². The van der Waals surface area contributed by atoms with Crippen LogP contribution in [0.1, 0.15) is 51.5 Å². The van der Waals surface area contributed by atoms with Gasteiger partial charge in [0.1, 0.15) is 42.5 Å². The van der Waals surface area contributed by atoms with Gasteiger partial charge in [0.25, 0.3) is 0 Å². The van der Waals surface area contributed by atoms with Crippen LogP contribution < -0.4 is 27.0 Å². The van der Waals surface area contributed by atoms with Gasteiger partial charge in [-0.3, -0.25) is 33.6 Å². The Labute approximate surface area is 289 Å². The number of thioether (sulfide) groups is 1. The fraction of sp³-hybridized carbons (Fsp3) is 0.594. The Bertz CT molecular complexity index is 1380. The first kappa shape index (κ1) is 39.1. The number of carboxylic acid groups (broad SMARTS) is 1. The Morgan fingerprint density at radius 2 is 1.45 bits per heavy atom. The van der Waals surface area contributed by atoms with Gasteiger partial charge in [0.15, 0.2) is 0 Å². The van der Waals surface area contributed by atoms with Gasteiger partial charge in [-0.1, -0.05) is 12.1 Å². The number of benzene rings is 1. The third kappa shape index (κ3) is 11.1. The van der Waals surface area contributed by atoms with Gasteiger partial charge in [0.05, 0.1) is 6.04 Å². The molecule has 49 heavy (non-hydrogen) atoms. The Morgan fingerprint density at radius 3 is 2.02 bits per heavy atom. The molecule has 17 heteroatoms. The van der Waals surface area contributed by atoms with Crippen LogP contribution in [0.25, 0.3) is 0 Å². The number of carbonyl (C=O) groups is 7. The summed E-state index contributed by atoms with van der Waals surface area (Å²) in [4.78, 5) is 93.0. The summed E-state index contributed by atoms with van der Waals surface area (Å²) in [5, 5.41) is 29.0. The molecule has 1 aromatic carbocycles. The van der Waals surface area contributed by atoms with Gasteiger partial charge in [-0.2, -0.15) is 11.8 Å². The molecule has 2 heterocycles. The zero-order valence-corrected chi connectivity index (χ0v) is 28.8. The number of nitrogens with two attached hydrogens (primary N) is 1. The summed E-state index contributed by atoms with van der Waals surface area (Å²) >= 11 is 1.50. The maximum Gasteiger partial charge on any atom is 0.322 e. The molecule has 8 N–H and O–H groups in total. The molecule has 2 aliphatic heterocycles. The van der Waals surface area contributed by atoms with Crippen LogP contribution in [-0.4, -0.2) is 129 Å². The Balaban J connectivity index is 1.76. The standard InChI is InChI=1S/C32H47N7O9S/c1-18(33)27(43)36-22(12-15-49-3)32(48)39-14-5-7-25(39)30(46)37-23(16-20-8-10-21(40)11-9-20)28(44)35-19(2)31(47)38-13-4-6-24(38)29(45)34-17-26(41)42/h8-11,18-19,22-25,40H,4-7,12-17,33H2,1-3H3,(H,34,45)(H,35,44)(H,36,43)(H,37,46)(H,41,42)/t18-,19-,22-,23-,24-,25-/m0/s1. The van der Waals surface area contributed by atoms with E-state index in [0.29, 0.717) is 43.4 Å². The monoisotopic (exact) mass is 705 g/mol. The summed E-state index contributed by atoms with van der Waals surface area (Å²) < 4.78 is 0. The van der Waals surface area contributed by atoms with Gasteiger partial charge in [0.2, 0.25) is 35.4 Å². The highest BCUT2D eigenvalue weighted by atomic mass is 32.2. The van der Waals surface area contributed by atoms with Crippen LogP contribution in [0.15, 0.2) is 24.3 Å². The van der Waals surface area contributed by atoms with E-state index < -0.39 is 84.2 Å². The summed E-state index contributed by atoms with van der Waals surface area (Å²) in [6, 6.07) is 0.228. The van der Waals surface area contributed by atoms with Gasteiger partial charge >= 0.3 is 5.97 Å². The molecule has 16 nitrogen and oxygen atoms in total. The minimum absolute atomic E-state index is 0.00724. The average molecular weight is 706 g/mol. The van der Waals surface area contributed by atoms with Crippen molar-refractivity contribution in [1.29, 1.82) is 0 Å². The zero-order chi connectivity index (χ0) is 36.2. The number of hydrogen-bond acceptors (Lipinski definition) is 10. The molecule has 2 fully saturated rings. The SMILES string of the molecule is CSCC[C@H](NC(=O)[C@H](C)N)C(=O)N1CCC[C@H]1C(=O)N[C@@H](Cc1ccc(O)cc1)C(=O)N[C@@H](C)C(=O)N1CCC[C@H]1C(=O)NCC(=O)O. The van der Waals surface area contributed by atoms with E-state index in [4.69, 9.17) is 10.8 Å². The fourth-order valence-electron chi connectivity index (χ4n) is 5.85. The molecule has 0 spiro atoms. The number of nitrogens with one attached hydrogen (secondary N) is 4. The first-order valence-corrected chi connectivity index (χ1v) is 17.7. The van der Waals surface area contributed by atoms with E-state index in [1.807, 2.05) is 6.26 Å². The number of likely N-dealkylation sites (tertiary alicyclic amines) is 2. The summed E-state index contributed by atoms with van der Waals surface area (Å²) in [5.41, 5.74) is 6.31. The van der Waals surface area contributed by atoms with E-state index in [1.165, 1.54) is 47.5 Å². The zero-order valence-electron chi connectivity index (χ0n) is 28.0. The molecule has 2 saturated heterocycles. The number of phenols is 1. The van der Waals surface area contributed by atoms with E-state index in [-0.39, 0.29) is 25.3 Å². The fourth-order valence-corrected chi connectivity index (χ4v) is 6.32. The van der Waals surface area contributed by atoms with Crippen LogP contribution in [0, 0.1) is 0 Å². The van der Waals surface area contributed by atoms with Crippen LogP contribution in [0.5, 0.6) is 5.75 Å². The number of amides is 6. The molecular weight excluding hydrogens is 658 g/mol. The van der Waals surface area contributed by atoms with Crippen LogP contribution in [0.3, 0.4) is 0 Å². The third-order valence-electron chi connectivity index (χ3n) is 8.47. The minimum atomic E-state index is -1.22. The number of aromatic hydroxyl groups is 1. The van der Waals surface area contributed by atoms with Crippen LogP contribution in [-0.2, 0) is 40.0 Å². The number of rotatable bonds is 16. The van der Waals surface area contributed by atoms with Gasteiger partial charge in [-0.25, -0.2) is 0 Å². The Kier molecular flexibility index (Phi) is 14.7. The molecule has 1 aromatic rings. The lowest BCUT2D eigenvalue weighted by atomic mass is 10.0. The normalized spacial score (nSPS) is 19.7. The Morgan fingerprint density at radius 1 is 0.857 bits per heavy atom. The Hall–Kier alpha value is -4.38. The largest absolute Gasteiger partial charge is 0.508 e. The maximum atomic E-state index is 13.7. The first-order chi connectivity index (χ1) is 23.2. The molecule has 0 unspecified atom stereocenters. The summed E-state index contributed by atoms with van der Waals surface area (Å²) in [5.74, 6) is -3.97. The lowest BCUT2D eigenvalue weighted by Crippen LogP contribution is -2.59. The van der Waals surface area contributed by atoms with Crippen molar-refractivity contribution in [3.05, 3.63) is 29.8 Å². The number of aliphatic carboxylic acids is 1. The highest BCUT2D eigenvalue weighted by Gasteiger charge is 2.40. The molecule has 3 rings (SSSR count). The number of carboxylic acids is 1. The number of phenolic OH excluding ortho intramolecular Hbond substituents is 1. The van der Waals surface area contributed by atoms with E-state index in [2.05, 4.69) is 21.3 Å². The minimum Gasteiger partial charge on any atom is -0.508 e. The lowest BCUT2D eigenvalue weighted by Gasteiger charge is -2.31. The van der Waals surface area contributed by atoms with E-state index in [9.17, 15) is 38.7 Å². The molecule has 0 radical (unpaired) electrons. The summed E-state index contributed by atoms with van der Waals surface area (Å²) in [6.45, 7) is 2.89. The molecule has 0 aromatic heterocycles. The lowest BCUT2D eigenvalue weighted by molar-refractivity contribution is -0.143. The number of carbonyl (C=O) groups excluding carboxylic acids is 6. The summed E-state index contributed by atoms with van der Waals surface area (Å²) in [7, 11) is 0. The molecule has 0 bridgehead atoms. The van der Waals surface area contributed by atoms with Crippen molar-refractivity contribution in [1.82, 2.24) is 31.1 Å². The van der Waals surface area contributed by atoms with Gasteiger partial charge in [-0.15, -0.1) is 0 Å². The average Bonchev–Trinajstić information content (AvgIpc) is 3.76. The van der Waals surface area contributed by atoms with Crippen molar-refractivity contribution < 1.29 is 43.8 Å². The predicted octanol–water partition coefficient (Wildman–Crippen LogP) is -1.31. The predicted molar refractivity (Wildman–Crippen MR) is 180 cm³/mol. The molecule has 6 atom stereocenters. The van der Waals surface area contributed by atoms with Gasteiger partial charge < -0.3 is 47.0 Å². The van der Waals surface area contributed by atoms with Crippen molar-refractivity contribution >= 4 is 53.2 Å². The molecule has 0 aliphatic carbocycles. The van der Waals surface area contributed by atoms with Crippen LogP contribution in [0.4, 0.5) is 0 Å². The van der Waals surface area contributed by atoms with Gasteiger partial charge in [-0.05, 0) is 75.7 Å². The number of nitrogens with zero attached hydrogens (tertiary/aromatic N) is 2.